The van der Waals surface area contributed by atoms with Gasteiger partial charge in [0.1, 0.15) is 5.82 Å². The summed E-state index contributed by atoms with van der Waals surface area (Å²) >= 11 is 3.54. The van der Waals surface area contributed by atoms with Crippen LogP contribution in [0.3, 0.4) is 0 Å². The smallest absolute Gasteiger partial charge is 0.119 e. The van der Waals surface area contributed by atoms with E-state index in [1.807, 2.05) is 30.3 Å². The van der Waals surface area contributed by atoms with Crippen LogP contribution in [0.25, 0.3) is 16.7 Å². The fourth-order valence-corrected chi connectivity index (χ4v) is 2.86. The third-order valence-corrected chi connectivity index (χ3v) is 3.91. The van der Waals surface area contributed by atoms with Gasteiger partial charge in [-0.3, -0.25) is 4.57 Å². The fourth-order valence-electron chi connectivity index (χ4n) is 2.48. The molecule has 0 aliphatic rings. The van der Waals surface area contributed by atoms with E-state index in [4.69, 9.17) is 10.7 Å². The van der Waals surface area contributed by atoms with E-state index in [9.17, 15) is 0 Å². The number of nitrogens with two attached hydrogens (primary N) is 1. The zero-order valence-electron chi connectivity index (χ0n) is 12.4. The van der Waals surface area contributed by atoms with Crippen molar-refractivity contribution in [3.63, 3.8) is 0 Å². The minimum atomic E-state index is -0.0594. The average Bonchev–Trinajstić information content (AvgIpc) is 2.77. The van der Waals surface area contributed by atoms with Gasteiger partial charge < -0.3 is 5.73 Å². The van der Waals surface area contributed by atoms with Gasteiger partial charge in [0, 0.05) is 21.3 Å². The molecule has 0 bridgehead atoms. The summed E-state index contributed by atoms with van der Waals surface area (Å²) in [5, 5.41) is 0. The summed E-state index contributed by atoms with van der Waals surface area (Å²) in [6, 6.07) is 14.1. The lowest BCUT2D eigenvalue weighted by Crippen LogP contribution is -2.18. The van der Waals surface area contributed by atoms with E-state index in [1.54, 1.807) is 0 Å². The molecule has 3 nitrogen and oxygen atoms in total. The van der Waals surface area contributed by atoms with E-state index in [2.05, 4.69) is 53.4 Å². The first-order valence-electron chi connectivity index (χ1n) is 6.91. The number of hydrogen-bond donors (Lipinski definition) is 1. The molecule has 0 aliphatic heterocycles. The van der Waals surface area contributed by atoms with Gasteiger partial charge in [0.25, 0.3) is 0 Å². The van der Waals surface area contributed by atoms with Crippen LogP contribution < -0.4 is 5.73 Å². The lowest BCUT2D eigenvalue weighted by Gasteiger charge is -2.20. The minimum Gasteiger partial charge on any atom is -0.399 e. The molecule has 0 radical (unpaired) electrons. The number of hydrogen-bond acceptors (Lipinski definition) is 2. The highest BCUT2D eigenvalue weighted by Gasteiger charge is 2.23. The Morgan fingerprint density at radius 1 is 1.10 bits per heavy atom. The van der Waals surface area contributed by atoms with Crippen molar-refractivity contribution >= 4 is 32.7 Å². The van der Waals surface area contributed by atoms with Crippen LogP contribution >= 0.6 is 15.9 Å². The second-order valence-corrected chi connectivity index (χ2v) is 7.16. The Hall–Kier alpha value is -1.81. The topological polar surface area (TPSA) is 43.8 Å². The Bertz CT molecular complexity index is 813. The number of benzene rings is 2. The van der Waals surface area contributed by atoms with Gasteiger partial charge in [0.05, 0.1) is 11.0 Å². The zero-order chi connectivity index (χ0) is 15.2. The van der Waals surface area contributed by atoms with Gasteiger partial charge in [-0.05, 0) is 36.4 Å². The third kappa shape index (κ3) is 2.56. The Balaban J connectivity index is 2.38. The normalized spacial score (nSPS) is 12.0. The van der Waals surface area contributed by atoms with Crippen molar-refractivity contribution < 1.29 is 0 Å². The average molecular weight is 344 g/mol. The lowest BCUT2D eigenvalue weighted by atomic mass is 9.95. The summed E-state index contributed by atoms with van der Waals surface area (Å²) in [7, 11) is 0. The first kappa shape index (κ1) is 14.1. The van der Waals surface area contributed by atoms with Gasteiger partial charge in [-0.25, -0.2) is 4.98 Å². The maximum absolute atomic E-state index is 5.90. The molecular weight excluding hydrogens is 326 g/mol. The molecule has 108 valence electrons. The fraction of sp³-hybridized carbons (Fsp3) is 0.235. The Kier molecular flexibility index (Phi) is 3.29. The maximum atomic E-state index is 5.90. The molecule has 0 aliphatic carbocycles. The predicted octanol–water partition coefficient (Wildman–Crippen LogP) is 4.67. The molecular formula is C17H18BrN3. The number of imidazole rings is 1. The first-order chi connectivity index (χ1) is 9.86. The molecule has 2 N–H and O–H groups in total. The molecule has 0 saturated heterocycles. The second-order valence-electron chi connectivity index (χ2n) is 6.25. The molecule has 2 aromatic carbocycles. The zero-order valence-corrected chi connectivity index (χ0v) is 14.0. The Labute approximate surface area is 132 Å². The number of rotatable bonds is 1. The molecule has 0 atom stereocenters. The van der Waals surface area contributed by atoms with Crippen LogP contribution in [0.5, 0.6) is 0 Å². The van der Waals surface area contributed by atoms with E-state index in [0.29, 0.717) is 0 Å². The standard InChI is InChI=1S/C17H18BrN3/c1-17(2,3)16-20-14-10-12(19)7-8-15(14)21(16)13-6-4-5-11(18)9-13/h4-10H,19H2,1-3H3. The van der Waals surface area contributed by atoms with E-state index >= 15 is 0 Å². The molecule has 0 amide bonds. The predicted molar refractivity (Wildman–Crippen MR) is 91.9 cm³/mol. The van der Waals surface area contributed by atoms with E-state index in [-0.39, 0.29) is 5.41 Å². The van der Waals surface area contributed by atoms with E-state index in [0.717, 1.165) is 32.7 Å². The molecule has 3 aromatic rings. The van der Waals surface area contributed by atoms with Crippen LogP contribution in [0.15, 0.2) is 46.9 Å². The second kappa shape index (κ2) is 4.88. The largest absolute Gasteiger partial charge is 0.399 e. The van der Waals surface area contributed by atoms with Crippen molar-refractivity contribution in [2.24, 2.45) is 0 Å². The number of nitrogen functional groups attached to an aromatic ring is 1. The molecule has 4 heteroatoms. The first-order valence-corrected chi connectivity index (χ1v) is 7.70. The van der Waals surface area contributed by atoms with Crippen molar-refractivity contribution in [2.45, 2.75) is 26.2 Å². The lowest BCUT2D eigenvalue weighted by molar-refractivity contribution is 0.539. The summed E-state index contributed by atoms with van der Waals surface area (Å²) in [5.74, 6) is 1.03. The summed E-state index contributed by atoms with van der Waals surface area (Å²) in [6.07, 6.45) is 0. The van der Waals surface area contributed by atoms with Crippen LogP contribution in [-0.2, 0) is 5.41 Å². The molecule has 0 unspecified atom stereocenters. The number of anilines is 1. The Morgan fingerprint density at radius 3 is 2.52 bits per heavy atom. The van der Waals surface area contributed by atoms with Gasteiger partial charge in [-0.1, -0.05) is 42.8 Å². The monoisotopic (exact) mass is 343 g/mol. The molecule has 0 spiro atoms. The Morgan fingerprint density at radius 2 is 1.86 bits per heavy atom. The van der Waals surface area contributed by atoms with Crippen LogP contribution in [-0.4, -0.2) is 9.55 Å². The number of aromatic nitrogens is 2. The van der Waals surface area contributed by atoms with Gasteiger partial charge in [-0.15, -0.1) is 0 Å². The van der Waals surface area contributed by atoms with Crippen molar-refractivity contribution in [3.8, 4) is 5.69 Å². The van der Waals surface area contributed by atoms with Gasteiger partial charge in [0.2, 0.25) is 0 Å². The molecule has 0 saturated carbocycles. The molecule has 3 rings (SSSR count). The highest BCUT2D eigenvalue weighted by molar-refractivity contribution is 9.10. The number of halogens is 1. The summed E-state index contributed by atoms with van der Waals surface area (Å²) in [5.41, 5.74) is 9.68. The van der Waals surface area contributed by atoms with E-state index in [1.165, 1.54) is 0 Å². The summed E-state index contributed by atoms with van der Waals surface area (Å²) in [6.45, 7) is 6.52. The number of nitrogens with zero attached hydrogens (tertiary/aromatic N) is 2. The SMILES string of the molecule is CC(C)(C)c1nc2cc(N)ccc2n1-c1cccc(Br)c1. The van der Waals surface area contributed by atoms with Gasteiger partial charge >= 0.3 is 0 Å². The summed E-state index contributed by atoms with van der Waals surface area (Å²) in [4.78, 5) is 4.82. The van der Waals surface area contributed by atoms with Crippen LogP contribution in [0.4, 0.5) is 5.69 Å². The van der Waals surface area contributed by atoms with Crippen molar-refractivity contribution in [2.75, 3.05) is 5.73 Å². The maximum Gasteiger partial charge on any atom is 0.119 e. The molecule has 21 heavy (non-hydrogen) atoms. The highest BCUT2D eigenvalue weighted by Crippen LogP contribution is 2.31. The summed E-state index contributed by atoms with van der Waals surface area (Å²) < 4.78 is 3.26. The molecule has 1 heterocycles. The highest BCUT2D eigenvalue weighted by atomic mass is 79.9. The molecule has 0 fully saturated rings. The molecule has 1 aromatic heterocycles. The third-order valence-electron chi connectivity index (χ3n) is 3.42. The number of fused-ring (bicyclic) bond motifs is 1. The van der Waals surface area contributed by atoms with Crippen LogP contribution in [0.2, 0.25) is 0 Å². The van der Waals surface area contributed by atoms with Crippen molar-refractivity contribution in [3.05, 3.63) is 52.8 Å². The minimum absolute atomic E-state index is 0.0594. The van der Waals surface area contributed by atoms with Crippen molar-refractivity contribution in [1.82, 2.24) is 9.55 Å². The van der Waals surface area contributed by atoms with Crippen molar-refractivity contribution in [1.29, 1.82) is 0 Å². The quantitative estimate of drug-likeness (QED) is 0.652. The van der Waals surface area contributed by atoms with E-state index < -0.39 is 0 Å². The van der Waals surface area contributed by atoms with Crippen LogP contribution in [0.1, 0.15) is 26.6 Å². The van der Waals surface area contributed by atoms with Gasteiger partial charge in [-0.2, -0.15) is 0 Å². The van der Waals surface area contributed by atoms with Crippen LogP contribution in [0, 0.1) is 0 Å². The van der Waals surface area contributed by atoms with Gasteiger partial charge in [0.15, 0.2) is 0 Å².